The van der Waals surface area contributed by atoms with Crippen LogP contribution < -0.4 is 9.58 Å². The summed E-state index contributed by atoms with van der Waals surface area (Å²) in [5, 5.41) is 3.75. The van der Waals surface area contributed by atoms with Crippen LogP contribution in [0.15, 0.2) is 59.1 Å². The predicted octanol–water partition coefficient (Wildman–Crippen LogP) is 5.74. The van der Waals surface area contributed by atoms with Crippen molar-refractivity contribution in [2.45, 2.75) is 36.9 Å². The van der Waals surface area contributed by atoms with E-state index in [-0.39, 0.29) is 0 Å². The van der Waals surface area contributed by atoms with Gasteiger partial charge < -0.3 is 0 Å². The topological polar surface area (TPSA) is 26.0 Å². The first-order chi connectivity index (χ1) is 12.6. The number of aromatic nitrogens is 1. The number of pyridine rings is 1. The zero-order valence-corrected chi connectivity index (χ0v) is 20.1. The fourth-order valence-corrected chi connectivity index (χ4v) is 6.91. The van der Waals surface area contributed by atoms with Crippen molar-refractivity contribution in [1.82, 2.24) is 4.98 Å². The molecule has 138 valence electrons. The van der Waals surface area contributed by atoms with Crippen molar-refractivity contribution in [1.29, 1.82) is 0 Å². The third-order valence-electron chi connectivity index (χ3n) is 5.27. The van der Waals surface area contributed by atoms with E-state index in [1.807, 2.05) is 6.20 Å². The number of para-hydroxylation sites is 1. The van der Waals surface area contributed by atoms with Crippen molar-refractivity contribution < 1.29 is 4.42 Å². The average molecular weight is 434 g/mol. The summed E-state index contributed by atoms with van der Waals surface area (Å²) in [7, 11) is -1.34. The molecule has 0 aliphatic rings. The fraction of sp³-hybridized carbons (Fsp3) is 0.261. The molecule has 0 spiro atoms. The van der Waals surface area contributed by atoms with E-state index in [1.54, 1.807) is 0 Å². The molecule has 0 saturated carbocycles. The summed E-state index contributed by atoms with van der Waals surface area (Å²) in [5.74, 6) is 7.25. The van der Waals surface area contributed by atoms with Gasteiger partial charge in [0.1, 0.15) is 0 Å². The van der Waals surface area contributed by atoms with Crippen LogP contribution in [-0.2, 0) is 0 Å². The van der Waals surface area contributed by atoms with Gasteiger partial charge in [0.05, 0.1) is 0 Å². The van der Waals surface area contributed by atoms with Crippen LogP contribution >= 0.6 is 0 Å². The molecule has 0 radical (unpaired) electrons. The van der Waals surface area contributed by atoms with Gasteiger partial charge in [-0.05, 0) is 0 Å². The summed E-state index contributed by atoms with van der Waals surface area (Å²) in [5.41, 5.74) is 3.99. The van der Waals surface area contributed by atoms with Gasteiger partial charge in [-0.3, -0.25) is 0 Å². The molecule has 2 heterocycles. The van der Waals surface area contributed by atoms with E-state index in [1.165, 1.54) is 20.4 Å². The molecule has 0 N–H and O–H groups in total. The van der Waals surface area contributed by atoms with Gasteiger partial charge in [0.25, 0.3) is 0 Å². The summed E-state index contributed by atoms with van der Waals surface area (Å²) < 4.78 is 7.84. The zero-order chi connectivity index (χ0) is 19.4. The normalized spacial score (nSPS) is 12.8. The van der Waals surface area contributed by atoms with Crippen molar-refractivity contribution >= 4 is 52.9 Å². The summed E-state index contributed by atoms with van der Waals surface area (Å²) in [6.07, 6.45) is 2.05. The fourth-order valence-electron chi connectivity index (χ4n) is 3.46. The Kier molecular flexibility index (Phi) is 4.35. The Balaban J connectivity index is 1.89. The van der Waals surface area contributed by atoms with Crippen molar-refractivity contribution in [3.63, 3.8) is 0 Å². The van der Waals surface area contributed by atoms with E-state index < -0.39 is 21.3 Å². The van der Waals surface area contributed by atoms with Crippen molar-refractivity contribution in [2.75, 3.05) is 0 Å². The number of hydrogen-bond acceptors (Lipinski definition) is 2. The third-order valence-corrected chi connectivity index (χ3v) is 11.6. The molecule has 2 nitrogen and oxygen atoms in total. The van der Waals surface area contributed by atoms with Crippen LogP contribution in [0, 0.1) is 0 Å². The van der Waals surface area contributed by atoms with Crippen LogP contribution in [-0.4, -0.2) is 26.3 Å². The molecule has 4 aromatic rings. The predicted molar refractivity (Wildman–Crippen MR) is 123 cm³/mol. The van der Waals surface area contributed by atoms with Gasteiger partial charge in [-0.1, -0.05) is 0 Å². The maximum absolute atomic E-state index is 6.37. The van der Waals surface area contributed by atoms with Crippen LogP contribution in [0.2, 0.25) is 36.9 Å². The second-order valence-corrected chi connectivity index (χ2v) is 25.2. The first kappa shape index (κ1) is 18.5. The quantitative estimate of drug-likeness (QED) is 0.385. The first-order valence-corrected chi connectivity index (χ1v) is 20.4. The Morgan fingerprint density at radius 2 is 1.67 bits per heavy atom. The SMILES string of the molecule is C[Si](C)(C)c1ccc(-c2cccc3c2oc2c[c]([Ge]([CH3])([CH3])[CH3])ccc23)nc1. The van der Waals surface area contributed by atoms with Gasteiger partial charge in [0, 0.05) is 0 Å². The molecule has 0 aliphatic carbocycles. The molecular weight excluding hydrogens is 407 g/mol. The van der Waals surface area contributed by atoms with Crippen molar-refractivity contribution in [3.05, 3.63) is 54.7 Å². The Bertz CT molecular complexity index is 1130. The van der Waals surface area contributed by atoms with E-state index in [2.05, 4.69) is 85.4 Å². The van der Waals surface area contributed by atoms with Crippen molar-refractivity contribution in [2.24, 2.45) is 0 Å². The van der Waals surface area contributed by atoms with Crippen LogP contribution in [0.4, 0.5) is 0 Å². The van der Waals surface area contributed by atoms with Crippen LogP contribution in [0.25, 0.3) is 33.2 Å². The number of fused-ring (bicyclic) bond motifs is 3. The first-order valence-electron chi connectivity index (χ1n) is 9.57. The average Bonchev–Trinajstić information content (AvgIpc) is 2.98. The van der Waals surface area contributed by atoms with Crippen molar-refractivity contribution in [3.8, 4) is 11.3 Å². The molecule has 0 atom stereocenters. The minimum absolute atomic E-state index is 0.944. The molecule has 4 rings (SSSR count). The summed E-state index contributed by atoms with van der Waals surface area (Å²) in [4.78, 5) is 4.78. The zero-order valence-electron chi connectivity index (χ0n) is 17.1. The number of benzene rings is 2. The van der Waals surface area contributed by atoms with E-state index in [9.17, 15) is 0 Å². The van der Waals surface area contributed by atoms with Crippen LogP contribution in [0.3, 0.4) is 0 Å². The van der Waals surface area contributed by atoms with Gasteiger partial charge in [-0.2, -0.15) is 0 Å². The number of hydrogen-bond donors (Lipinski definition) is 0. The van der Waals surface area contributed by atoms with Gasteiger partial charge in [-0.15, -0.1) is 0 Å². The van der Waals surface area contributed by atoms with E-state index >= 15 is 0 Å². The number of nitrogens with zero attached hydrogens (tertiary/aromatic N) is 1. The molecule has 2 aromatic carbocycles. The standard InChI is InChI=1S/C23H27GeNOSi/c1-24(2,3)16-10-12-18-19-8-7-9-20(23(19)26-22(18)14-16)21-13-11-17(15-25-21)27(4,5)6/h7-15H,1-6H3. The van der Waals surface area contributed by atoms with Gasteiger partial charge in [0.15, 0.2) is 0 Å². The maximum atomic E-state index is 6.37. The molecular formula is C23H27GeNOSi. The monoisotopic (exact) mass is 435 g/mol. The number of furan rings is 1. The van der Waals surface area contributed by atoms with E-state index in [4.69, 9.17) is 9.40 Å². The molecule has 2 aromatic heterocycles. The molecule has 0 fully saturated rings. The molecule has 0 amide bonds. The third kappa shape index (κ3) is 3.39. The second-order valence-electron chi connectivity index (χ2n) is 9.43. The van der Waals surface area contributed by atoms with E-state index in [0.717, 1.165) is 22.4 Å². The Morgan fingerprint density at radius 3 is 2.30 bits per heavy atom. The van der Waals surface area contributed by atoms with Crippen LogP contribution in [0.5, 0.6) is 0 Å². The Morgan fingerprint density at radius 1 is 0.889 bits per heavy atom. The molecule has 27 heavy (non-hydrogen) atoms. The molecule has 4 heteroatoms. The van der Waals surface area contributed by atoms with Gasteiger partial charge in [0.2, 0.25) is 0 Å². The molecule has 0 bridgehead atoms. The number of rotatable bonds is 3. The van der Waals surface area contributed by atoms with Gasteiger partial charge >= 0.3 is 165 Å². The van der Waals surface area contributed by atoms with Gasteiger partial charge in [-0.25, -0.2) is 0 Å². The molecule has 0 unspecified atom stereocenters. The summed E-state index contributed by atoms with van der Waals surface area (Å²) in [6, 6.07) is 17.6. The summed E-state index contributed by atoms with van der Waals surface area (Å²) >= 11 is -1.88. The van der Waals surface area contributed by atoms with E-state index in [0.29, 0.717) is 0 Å². The minimum atomic E-state index is -1.88. The summed E-state index contributed by atoms with van der Waals surface area (Å²) in [6.45, 7) is 7.04. The molecule has 0 saturated heterocycles. The van der Waals surface area contributed by atoms with Crippen LogP contribution in [0.1, 0.15) is 0 Å². The Hall–Kier alpha value is -1.85. The molecule has 0 aliphatic heterocycles. The Labute approximate surface area is 165 Å². The second kappa shape index (κ2) is 6.35.